The zero-order valence-corrected chi connectivity index (χ0v) is 11.2. The predicted octanol–water partition coefficient (Wildman–Crippen LogP) is 2.91. The van der Waals surface area contributed by atoms with Crippen molar-refractivity contribution in [2.24, 2.45) is 7.05 Å². The summed E-state index contributed by atoms with van der Waals surface area (Å²) in [5, 5.41) is 3.64. The van der Waals surface area contributed by atoms with Crippen LogP contribution in [0.5, 0.6) is 0 Å². The molecule has 1 aromatic heterocycles. The summed E-state index contributed by atoms with van der Waals surface area (Å²) in [6, 6.07) is 7.03. The lowest BCUT2D eigenvalue weighted by Crippen LogP contribution is -2.26. The van der Waals surface area contributed by atoms with Crippen molar-refractivity contribution in [3.8, 4) is 0 Å². The minimum Gasteiger partial charge on any atom is -0.330 e. The Kier molecular flexibility index (Phi) is 3.08. The Morgan fingerprint density at radius 1 is 1.33 bits per heavy atom. The molecule has 2 aromatic rings. The molecule has 0 aliphatic heterocycles. The van der Waals surface area contributed by atoms with Crippen LogP contribution in [-0.2, 0) is 13.6 Å². The van der Waals surface area contributed by atoms with E-state index >= 15 is 0 Å². The monoisotopic (exact) mass is 243 g/mol. The lowest BCUT2D eigenvalue weighted by molar-refractivity contribution is 0.508. The van der Waals surface area contributed by atoms with Crippen LogP contribution in [0.4, 0.5) is 0 Å². The first-order valence-corrected chi connectivity index (χ1v) is 6.90. The van der Waals surface area contributed by atoms with Gasteiger partial charge in [-0.3, -0.25) is 0 Å². The highest BCUT2D eigenvalue weighted by Gasteiger charge is 2.15. The van der Waals surface area contributed by atoms with Gasteiger partial charge in [-0.15, -0.1) is 0 Å². The van der Waals surface area contributed by atoms with Crippen molar-refractivity contribution in [1.29, 1.82) is 0 Å². The number of nitrogens with zero attached hydrogens (tertiary/aromatic N) is 2. The first kappa shape index (κ1) is 11.7. The number of hydrogen-bond donors (Lipinski definition) is 1. The normalized spacial score (nSPS) is 16.8. The molecule has 1 aromatic carbocycles. The summed E-state index contributed by atoms with van der Waals surface area (Å²) >= 11 is 0. The first-order chi connectivity index (χ1) is 8.75. The molecule has 0 unspecified atom stereocenters. The van der Waals surface area contributed by atoms with Crippen molar-refractivity contribution < 1.29 is 0 Å². The molecule has 18 heavy (non-hydrogen) atoms. The average Bonchev–Trinajstić information content (AvgIpc) is 2.96. The number of aryl methyl sites for hydroxylation is 2. The van der Waals surface area contributed by atoms with Gasteiger partial charge in [-0.1, -0.05) is 25.0 Å². The van der Waals surface area contributed by atoms with Crippen molar-refractivity contribution in [1.82, 2.24) is 14.9 Å². The maximum Gasteiger partial charge on any atom is 0.123 e. The standard InChI is InChI=1S/C15H21N3/c1-11-6-5-9-13-15(11)18(2)14(17-13)10-16-12-7-3-4-8-12/h5-6,9,12,16H,3-4,7-8,10H2,1-2H3. The molecule has 0 saturated heterocycles. The topological polar surface area (TPSA) is 29.9 Å². The Bertz CT molecular complexity index is 550. The number of rotatable bonds is 3. The summed E-state index contributed by atoms with van der Waals surface area (Å²) < 4.78 is 2.23. The summed E-state index contributed by atoms with van der Waals surface area (Å²) in [5.41, 5.74) is 3.68. The van der Waals surface area contributed by atoms with E-state index in [0.29, 0.717) is 6.04 Å². The molecular weight excluding hydrogens is 222 g/mol. The van der Waals surface area contributed by atoms with Gasteiger partial charge in [-0.05, 0) is 31.4 Å². The second-order valence-electron chi connectivity index (χ2n) is 5.39. The van der Waals surface area contributed by atoms with Gasteiger partial charge in [0.15, 0.2) is 0 Å². The van der Waals surface area contributed by atoms with Crippen LogP contribution in [0.3, 0.4) is 0 Å². The molecule has 1 aliphatic carbocycles. The number of fused-ring (bicyclic) bond motifs is 1. The fraction of sp³-hybridized carbons (Fsp3) is 0.533. The summed E-state index contributed by atoms with van der Waals surface area (Å²) in [6.07, 6.45) is 5.39. The van der Waals surface area contributed by atoms with Gasteiger partial charge >= 0.3 is 0 Å². The number of benzene rings is 1. The van der Waals surface area contributed by atoms with Crippen molar-refractivity contribution in [3.05, 3.63) is 29.6 Å². The molecule has 0 spiro atoms. The van der Waals surface area contributed by atoms with E-state index < -0.39 is 0 Å². The zero-order valence-electron chi connectivity index (χ0n) is 11.2. The van der Waals surface area contributed by atoms with Crippen LogP contribution in [0, 0.1) is 6.92 Å². The second kappa shape index (κ2) is 4.73. The molecule has 0 amide bonds. The minimum absolute atomic E-state index is 0.700. The van der Waals surface area contributed by atoms with Gasteiger partial charge in [-0.25, -0.2) is 4.98 Å². The van der Waals surface area contributed by atoms with Crippen LogP contribution in [0.25, 0.3) is 11.0 Å². The van der Waals surface area contributed by atoms with Crippen molar-refractivity contribution in [2.75, 3.05) is 0 Å². The highest BCUT2D eigenvalue weighted by molar-refractivity contribution is 5.79. The van der Waals surface area contributed by atoms with Crippen LogP contribution in [0.1, 0.15) is 37.1 Å². The van der Waals surface area contributed by atoms with Crippen molar-refractivity contribution >= 4 is 11.0 Å². The number of hydrogen-bond acceptors (Lipinski definition) is 2. The average molecular weight is 243 g/mol. The van der Waals surface area contributed by atoms with E-state index in [9.17, 15) is 0 Å². The Morgan fingerprint density at radius 2 is 2.11 bits per heavy atom. The number of imidazole rings is 1. The van der Waals surface area contributed by atoms with E-state index in [1.54, 1.807) is 0 Å². The maximum atomic E-state index is 4.73. The van der Waals surface area contributed by atoms with Crippen molar-refractivity contribution in [2.45, 2.75) is 45.2 Å². The van der Waals surface area contributed by atoms with Crippen LogP contribution >= 0.6 is 0 Å². The molecule has 3 nitrogen and oxygen atoms in total. The molecule has 1 fully saturated rings. The molecule has 1 N–H and O–H groups in total. The predicted molar refractivity (Wildman–Crippen MR) is 74.5 cm³/mol. The quantitative estimate of drug-likeness (QED) is 0.898. The number of nitrogens with one attached hydrogen (secondary N) is 1. The van der Waals surface area contributed by atoms with E-state index in [-0.39, 0.29) is 0 Å². The second-order valence-corrected chi connectivity index (χ2v) is 5.39. The molecule has 0 bridgehead atoms. The van der Waals surface area contributed by atoms with Crippen LogP contribution < -0.4 is 5.32 Å². The van der Waals surface area contributed by atoms with Gasteiger partial charge in [0.1, 0.15) is 5.82 Å². The molecular formula is C15H21N3. The molecule has 1 saturated carbocycles. The smallest absolute Gasteiger partial charge is 0.123 e. The Morgan fingerprint density at radius 3 is 2.83 bits per heavy atom. The molecule has 0 atom stereocenters. The van der Waals surface area contributed by atoms with Crippen LogP contribution in [-0.4, -0.2) is 15.6 Å². The number of para-hydroxylation sites is 1. The van der Waals surface area contributed by atoms with E-state index in [2.05, 4.69) is 42.1 Å². The largest absolute Gasteiger partial charge is 0.330 e. The first-order valence-electron chi connectivity index (χ1n) is 6.90. The van der Waals surface area contributed by atoms with E-state index in [0.717, 1.165) is 17.9 Å². The van der Waals surface area contributed by atoms with E-state index in [1.807, 2.05) is 0 Å². The van der Waals surface area contributed by atoms with Gasteiger partial charge < -0.3 is 9.88 Å². The SMILES string of the molecule is Cc1cccc2nc(CNC3CCCC3)n(C)c12. The van der Waals surface area contributed by atoms with E-state index in [1.165, 1.54) is 36.8 Å². The fourth-order valence-corrected chi connectivity index (χ4v) is 3.04. The Labute approximate surface area is 108 Å². The molecule has 1 aliphatic rings. The Hall–Kier alpha value is -1.35. The van der Waals surface area contributed by atoms with Crippen LogP contribution in [0.15, 0.2) is 18.2 Å². The molecule has 0 radical (unpaired) electrons. The molecule has 3 rings (SSSR count). The highest BCUT2D eigenvalue weighted by atomic mass is 15.1. The zero-order chi connectivity index (χ0) is 12.5. The summed E-state index contributed by atoms with van der Waals surface area (Å²) in [7, 11) is 2.12. The number of aromatic nitrogens is 2. The summed E-state index contributed by atoms with van der Waals surface area (Å²) in [5.74, 6) is 1.14. The Balaban J connectivity index is 1.83. The third-order valence-electron chi connectivity index (χ3n) is 4.09. The molecule has 1 heterocycles. The fourth-order valence-electron chi connectivity index (χ4n) is 3.04. The minimum atomic E-state index is 0.700. The third-order valence-corrected chi connectivity index (χ3v) is 4.09. The third kappa shape index (κ3) is 2.03. The highest BCUT2D eigenvalue weighted by Crippen LogP contribution is 2.20. The lowest BCUT2D eigenvalue weighted by Gasteiger charge is -2.11. The van der Waals surface area contributed by atoms with Gasteiger partial charge in [-0.2, -0.15) is 0 Å². The molecule has 96 valence electrons. The van der Waals surface area contributed by atoms with Gasteiger partial charge in [0.05, 0.1) is 17.6 Å². The van der Waals surface area contributed by atoms with Gasteiger partial charge in [0.25, 0.3) is 0 Å². The summed E-state index contributed by atoms with van der Waals surface area (Å²) in [6.45, 7) is 3.04. The molecule has 3 heteroatoms. The van der Waals surface area contributed by atoms with E-state index in [4.69, 9.17) is 4.98 Å². The maximum absolute atomic E-state index is 4.73. The summed E-state index contributed by atoms with van der Waals surface area (Å²) in [4.78, 5) is 4.73. The lowest BCUT2D eigenvalue weighted by atomic mass is 10.2. The van der Waals surface area contributed by atoms with Crippen LogP contribution in [0.2, 0.25) is 0 Å². The van der Waals surface area contributed by atoms with Gasteiger partial charge in [0.2, 0.25) is 0 Å². The van der Waals surface area contributed by atoms with Gasteiger partial charge in [0, 0.05) is 13.1 Å². The van der Waals surface area contributed by atoms with Crippen molar-refractivity contribution in [3.63, 3.8) is 0 Å².